The molecule has 8 aromatic carbocycles. The molecule has 1 atom stereocenters. The van der Waals surface area contributed by atoms with E-state index in [1.165, 1.54) is 72.1 Å². The lowest BCUT2D eigenvalue weighted by atomic mass is 9.79. The first-order valence-corrected chi connectivity index (χ1v) is 22.4. The molecule has 63 heavy (non-hydrogen) atoms. The molecule has 1 unspecified atom stereocenters. The van der Waals surface area contributed by atoms with Gasteiger partial charge in [0.25, 0.3) is 0 Å². The third kappa shape index (κ3) is 5.89. The second kappa shape index (κ2) is 14.1. The predicted octanol–water partition coefficient (Wildman–Crippen LogP) is 16.4. The molecule has 2 heteroatoms. The van der Waals surface area contributed by atoms with Crippen molar-refractivity contribution in [3.05, 3.63) is 228 Å². The first kappa shape index (κ1) is 37.5. The maximum atomic E-state index is 5.44. The molecule has 9 aromatic rings. The molecule has 0 bridgehead atoms. The zero-order chi connectivity index (χ0) is 42.5. The number of hydrogen-bond donors (Lipinski definition) is 0. The van der Waals surface area contributed by atoms with Crippen molar-refractivity contribution >= 4 is 38.7 Å². The smallest absolute Gasteiger partial charge is 0.0788 e. The number of pyridine rings is 1. The van der Waals surface area contributed by atoms with Crippen molar-refractivity contribution in [3.8, 4) is 44.6 Å². The first-order chi connectivity index (χ1) is 30.7. The van der Waals surface area contributed by atoms with E-state index in [4.69, 9.17) is 4.98 Å². The maximum absolute atomic E-state index is 5.44. The molecule has 2 nitrogen and oxygen atoms in total. The van der Waals surface area contributed by atoms with Gasteiger partial charge in [-0.25, -0.2) is 4.98 Å². The van der Waals surface area contributed by atoms with E-state index in [0.29, 0.717) is 5.92 Å². The van der Waals surface area contributed by atoms with Gasteiger partial charge in [-0.3, -0.25) is 0 Å². The van der Waals surface area contributed by atoms with Crippen molar-refractivity contribution in [2.24, 2.45) is 0 Å². The number of rotatable bonds is 6. The molecule has 0 saturated heterocycles. The first-order valence-electron chi connectivity index (χ1n) is 22.4. The Kier molecular flexibility index (Phi) is 8.40. The Morgan fingerprint density at radius 1 is 0.460 bits per heavy atom. The number of fused-ring (bicyclic) bond motifs is 8. The Morgan fingerprint density at radius 3 is 1.92 bits per heavy atom. The van der Waals surface area contributed by atoms with Crippen LogP contribution in [0.4, 0.5) is 17.1 Å². The summed E-state index contributed by atoms with van der Waals surface area (Å²) < 4.78 is 0. The minimum Gasteiger partial charge on any atom is -0.310 e. The molecule has 3 aliphatic rings. The predicted molar refractivity (Wildman–Crippen MR) is 265 cm³/mol. The summed E-state index contributed by atoms with van der Waals surface area (Å²) >= 11 is 0. The van der Waals surface area contributed by atoms with Crippen molar-refractivity contribution in [1.29, 1.82) is 0 Å². The monoisotopic (exact) mass is 808 g/mol. The van der Waals surface area contributed by atoms with Crippen LogP contribution in [0.1, 0.15) is 62.3 Å². The SMILES string of the molecule is CC1(C)C2=CC=CCC2c2ccc(N(c3ccc(-c4nc5ccccc5cc4-c4ccccc4-c4ccc5ccccc5c4)cc3)c3ccc4c(c3)C(C)(C)c3ccccc3-4)cc21. The fourth-order valence-electron chi connectivity index (χ4n) is 11.2. The molecule has 0 amide bonds. The largest absolute Gasteiger partial charge is 0.310 e. The molecule has 302 valence electrons. The number of anilines is 3. The van der Waals surface area contributed by atoms with Gasteiger partial charge >= 0.3 is 0 Å². The number of nitrogens with zero attached hydrogens (tertiary/aromatic N) is 2. The van der Waals surface area contributed by atoms with E-state index in [1.54, 1.807) is 0 Å². The van der Waals surface area contributed by atoms with E-state index in [2.05, 4.69) is 233 Å². The normalized spacial score (nSPS) is 16.3. The quantitative estimate of drug-likeness (QED) is 0.166. The lowest BCUT2D eigenvalue weighted by Gasteiger charge is -2.30. The molecular formula is C61H48N2. The molecule has 12 rings (SSSR count). The highest BCUT2D eigenvalue weighted by molar-refractivity contribution is 5.98. The van der Waals surface area contributed by atoms with Crippen LogP contribution in [0.15, 0.2) is 206 Å². The number of aromatic nitrogens is 1. The summed E-state index contributed by atoms with van der Waals surface area (Å²) in [7, 11) is 0. The Morgan fingerprint density at radius 2 is 1.10 bits per heavy atom. The van der Waals surface area contributed by atoms with Gasteiger partial charge in [-0.1, -0.05) is 179 Å². The lowest BCUT2D eigenvalue weighted by molar-refractivity contribution is 0.612. The van der Waals surface area contributed by atoms with E-state index in [1.807, 2.05) is 0 Å². The number of benzene rings is 8. The number of para-hydroxylation sites is 1. The molecule has 0 N–H and O–H groups in total. The Balaban J connectivity index is 1.01. The molecule has 0 spiro atoms. The van der Waals surface area contributed by atoms with Crippen LogP contribution in [-0.2, 0) is 10.8 Å². The fraction of sp³-hybridized carbons (Fsp3) is 0.131. The van der Waals surface area contributed by atoms with Crippen LogP contribution in [0.2, 0.25) is 0 Å². The summed E-state index contributed by atoms with van der Waals surface area (Å²) in [5.41, 5.74) is 20.8. The van der Waals surface area contributed by atoms with Crippen molar-refractivity contribution in [3.63, 3.8) is 0 Å². The van der Waals surface area contributed by atoms with Crippen molar-refractivity contribution in [1.82, 2.24) is 4.98 Å². The van der Waals surface area contributed by atoms with Crippen LogP contribution >= 0.6 is 0 Å². The fourth-order valence-corrected chi connectivity index (χ4v) is 11.2. The molecule has 1 aromatic heterocycles. The summed E-state index contributed by atoms with van der Waals surface area (Å²) in [5, 5.41) is 3.60. The van der Waals surface area contributed by atoms with Gasteiger partial charge in [0.15, 0.2) is 0 Å². The number of hydrogen-bond acceptors (Lipinski definition) is 2. The highest BCUT2D eigenvalue weighted by Crippen LogP contribution is 2.55. The Hall–Kier alpha value is -7.29. The molecular weight excluding hydrogens is 761 g/mol. The summed E-state index contributed by atoms with van der Waals surface area (Å²) in [6.07, 6.45) is 7.99. The number of allylic oxidation sites excluding steroid dienone is 4. The van der Waals surface area contributed by atoms with Crippen LogP contribution in [-0.4, -0.2) is 4.98 Å². The van der Waals surface area contributed by atoms with Gasteiger partial charge < -0.3 is 4.90 Å². The van der Waals surface area contributed by atoms with Gasteiger partial charge in [0.2, 0.25) is 0 Å². The minimum atomic E-state index is -0.117. The Bertz CT molecular complexity index is 3380. The van der Waals surface area contributed by atoms with E-state index in [9.17, 15) is 0 Å². The minimum absolute atomic E-state index is 0.0564. The Labute approximate surface area is 370 Å². The maximum Gasteiger partial charge on any atom is 0.0788 e. The van der Waals surface area contributed by atoms with Crippen molar-refractivity contribution in [2.75, 3.05) is 4.90 Å². The summed E-state index contributed by atoms with van der Waals surface area (Å²) in [5.74, 6) is 0.441. The van der Waals surface area contributed by atoms with Crippen LogP contribution in [0.3, 0.4) is 0 Å². The average molecular weight is 809 g/mol. The molecule has 0 fully saturated rings. The lowest BCUT2D eigenvalue weighted by Crippen LogP contribution is -2.18. The second-order valence-corrected chi connectivity index (χ2v) is 18.7. The van der Waals surface area contributed by atoms with Gasteiger partial charge in [-0.2, -0.15) is 0 Å². The molecule has 1 heterocycles. The van der Waals surface area contributed by atoms with Gasteiger partial charge in [0.05, 0.1) is 11.2 Å². The standard InChI is InChI=1S/C61H48N2/c1-60(2)54-22-12-10-20-49(54)51-33-31-45(37-56(51)60)63(46-32-34-52-50-21-11-13-23-55(50)61(3,4)57(52)38-46)44-29-27-40(28-30-44)59-53(36-43-17-7-14-24-58(43)62-59)48-19-9-8-18-47(48)42-26-25-39-15-5-6-16-41(39)35-42/h5-20,22-38,50H,21H2,1-4H3. The van der Waals surface area contributed by atoms with Crippen LogP contribution in [0, 0.1) is 0 Å². The third-order valence-electron chi connectivity index (χ3n) is 14.5. The van der Waals surface area contributed by atoms with Gasteiger partial charge in [-0.15, -0.1) is 0 Å². The molecule has 0 aliphatic heterocycles. The highest BCUT2D eigenvalue weighted by atomic mass is 15.1. The third-order valence-corrected chi connectivity index (χ3v) is 14.5. The average Bonchev–Trinajstić information content (AvgIpc) is 3.70. The zero-order valence-electron chi connectivity index (χ0n) is 36.2. The molecule has 0 saturated carbocycles. The van der Waals surface area contributed by atoms with E-state index < -0.39 is 0 Å². The molecule has 0 radical (unpaired) electrons. The van der Waals surface area contributed by atoms with Gasteiger partial charge in [0, 0.05) is 50.3 Å². The van der Waals surface area contributed by atoms with E-state index >= 15 is 0 Å². The van der Waals surface area contributed by atoms with Crippen molar-refractivity contribution in [2.45, 2.75) is 50.9 Å². The molecule has 3 aliphatic carbocycles. The van der Waals surface area contributed by atoms with Crippen LogP contribution < -0.4 is 4.90 Å². The summed E-state index contributed by atoms with van der Waals surface area (Å²) in [6, 6.07) is 67.4. The summed E-state index contributed by atoms with van der Waals surface area (Å²) in [6.45, 7) is 9.55. The zero-order valence-corrected chi connectivity index (χ0v) is 36.2. The summed E-state index contributed by atoms with van der Waals surface area (Å²) in [4.78, 5) is 7.91. The van der Waals surface area contributed by atoms with E-state index in [-0.39, 0.29) is 10.8 Å². The van der Waals surface area contributed by atoms with Gasteiger partial charge in [-0.05, 0) is 122 Å². The van der Waals surface area contributed by atoms with Gasteiger partial charge in [0.1, 0.15) is 0 Å². The highest BCUT2D eigenvalue weighted by Gasteiger charge is 2.42. The van der Waals surface area contributed by atoms with Crippen LogP contribution in [0.25, 0.3) is 66.3 Å². The van der Waals surface area contributed by atoms with E-state index in [0.717, 1.165) is 45.5 Å². The topological polar surface area (TPSA) is 16.1 Å². The van der Waals surface area contributed by atoms with Crippen molar-refractivity contribution < 1.29 is 0 Å². The van der Waals surface area contributed by atoms with Crippen LogP contribution in [0.5, 0.6) is 0 Å². The second-order valence-electron chi connectivity index (χ2n) is 18.7.